The second kappa shape index (κ2) is 8.11. The highest BCUT2D eigenvalue weighted by molar-refractivity contribution is 9.10. The lowest BCUT2D eigenvalue weighted by atomic mass is 10.1. The van der Waals surface area contributed by atoms with Crippen LogP contribution in [0.25, 0.3) is 0 Å². The van der Waals surface area contributed by atoms with Gasteiger partial charge >= 0.3 is 5.97 Å². The molecule has 0 spiro atoms. The number of carboxylic acids is 1. The number of rotatable bonds is 6. The monoisotopic (exact) mass is 390 g/mol. The van der Waals surface area contributed by atoms with Crippen LogP contribution in [-0.4, -0.2) is 23.2 Å². The van der Waals surface area contributed by atoms with Gasteiger partial charge in [-0.2, -0.15) is 5.10 Å². The Morgan fingerprint density at radius 2 is 2.04 bits per heavy atom. The number of guanidine groups is 1. The molecule has 0 saturated carbocycles. The van der Waals surface area contributed by atoms with Crippen molar-refractivity contribution in [2.24, 2.45) is 21.7 Å². The van der Waals surface area contributed by atoms with Crippen molar-refractivity contribution in [3.05, 3.63) is 63.6 Å². The van der Waals surface area contributed by atoms with E-state index in [9.17, 15) is 4.79 Å². The van der Waals surface area contributed by atoms with Gasteiger partial charge in [0.25, 0.3) is 0 Å². The first-order chi connectivity index (χ1) is 11.5. The number of carboxylic acid groups (broad SMARTS) is 1. The molecule has 0 aliphatic heterocycles. The van der Waals surface area contributed by atoms with Gasteiger partial charge in [-0.05, 0) is 35.9 Å². The summed E-state index contributed by atoms with van der Waals surface area (Å²) in [5.41, 5.74) is 12.1. The molecule has 2 rings (SSSR count). The van der Waals surface area contributed by atoms with Crippen LogP contribution in [-0.2, 0) is 6.61 Å². The molecule has 0 amide bonds. The fourth-order valence-electron chi connectivity index (χ4n) is 1.86. The molecular weight excluding hydrogens is 376 g/mol. The van der Waals surface area contributed by atoms with Crippen molar-refractivity contribution in [3.63, 3.8) is 0 Å². The summed E-state index contributed by atoms with van der Waals surface area (Å²) in [6.07, 6.45) is 1.47. The Morgan fingerprint density at radius 1 is 1.25 bits per heavy atom. The lowest BCUT2D eigenvalue weighted by Crippen LogP contribution is -2.21. The van der Waals surface area contributed by atoms with Crippen LogP contribution in [0.3, 0.4) is 0 Å². The van der Waals surface area contributed by atoms with Crippen molar-refractivity contribution in [3.8, 4) is 5.75 Å². The first kappa shape index (κ1) is 17.5. The summed E-state index contributed by atoms with van der Waals surface area (Å²) in [7, 11) is 0. The van der Waals surface area contributed by atoms with Gasteiger partial charge in [-0.25, -0.2) is 4.79 Å². The highest BCUT2D eigenvalue weighted by Crippen LogP contribution is 2.23. The fraction of sp³-hybridized carbons (Fsp3) is 0.0625. The van der Waals surface area contributed by atoms with Crippen molar-refractivity contribution in [1.82, 2.24) is 0 Å². The number of hydrogen-bond acceptors (Lipinski definition) is 4. The molecule has 124 valence electrons. The number of hydrogen-bond donors (Lipinski definition) is 3. The van der Waals surface area contributed by atoms with Gasteiger partial charge in [0.2, 0.25) is 5.96 Å². The van der Waals surface area contributed by atoms with E-state index in [1.807, 2.05) is 6.07 Å². The molecule has 7 nitrogen and oxygen atoms in total. The molecule has 0 aliphatic rings. The van der Waals surface area contributed by atoms with Gasteiger partial charge in [0.1, 0.15) is 12.4 Å². The molecule has 2 aromatic rings. The Balaban J connectivity index is 2.17. The third kappa shape index (κ3) is 5.10. The molecule has 0 aliphatic carbocycles. The number of ether oxygens (including phenoxy) is 1. The molecule has 0 heterocycles. The quantitative estimate of drug-likeness (QED) is 0.396. The Hall–Kier alpha value is -2.87. The summed E-state index contributed by atoms with van der Waals surface area (Å²) in [6.45, 7) is 0.214. The van der Waals surface area contributed by atoms with Gasteiger partial charge < -0.3 is 21.3 Å². The summed E-state index contributed by atoms with van der Waals surface area (Å²) >= 11 is 3.37. The molecule has 0 fully saturated rings. The zero-order chi connectivity index (χ0) is 17.5. The van der Waals surface area contributed by atoms with Gasteiger partial charge in [-0.1, -0.05) is 28.1 Å². The van der Waals surface area contributed by atoms with Crippen LogP contribution in [0.4, 0.5) is 0 Å². The fourth-order valence-corrected chi connectivity index (χ4v) is 2.24. The number of carbonyl (C=O) groups is 1. The van der Waals surface area contributed by atoms with Crippen LogP contribution in [0, 0.1) is 0 Å². The van der Waals surface area contributed by atoms with Crippen LogP contribution >= 0.6 is 15.9 Å². The summed E-state index contributed by atoms with van der Waals surface area (Å²) in [4.78, 5) is 11.0. The van der Waals surface area contributed by atoms with Gasteiger partial charge in [-0.15, -0.1) is 5.10 Å². The van der Waals surface area contributed by atoms with Crippen LogP contribution in [0.5, 0.6) is 5.75 Å². The topological polar surface area (TPSA) is 123 Å². The van der Waals surface area contributed by atoms with Gasteiger partial charge in [0, 0.05) is 10.0 Å². The number of halogens is 1. The molecule has 0 bridgehead atoms. The zero-order valence-electron chi connectivity index (χ0n) is 12.5. The summed E-state index contributed by atoms with van der Waals surface area (Å²) in [6, 6.07) is 11.9. The normalized spacial score (nSPS) is 10.5. The molecule has 0 atom stereocenters. The van der Waals surface area contributed by atoms with Crippen LogP contribution in [0.1, 0.15) is 21.5 Å². The first-order valence-electron chi connectivity index (χ1n) is 6.82. The largest absolute Gasteiger partial charge is 0.488 e. The number of aromatic carboxylic acids is 1. The molecular formula is C16H15BrN4O3. The van der Waals surface area contributed by atoms with Crippen molar-refractivity contribution in [1.29, 1.82) is 0 Å². The van der Waals surface area contributed by atoms with Crippen molar-refractivity contribution in [2.75, 3.05) is 0 Å². The van der Waals surface area contributed by atoms with Crippen molar-refractivity contribution < 1.29 is 14.6 Å². The molecule has 8 heteroatoms. The van der Waals surface area contributed by atoms with E-state index in [4.69, 9.17) is 21.3 Å². The molecule has 2 aromatic carbocycles. The van der Waals surface area contributed by atoms with E-state index in [0.29, 0.717) is 11.3 Å². The van der Waals surface area contributed by atoms with Crippen LogP contribution in [0.15, 0.2) is 57.1 Å². The van der Waals surface area contributed by atoms with Gasteiger partial charge in [0.05, 0.1) is 11.8 Å². The minimum absolute atomic E-state index is 0.144. The van der Waals surface area contributed by atoms with E-state index < -0.39 is 5.97 Å². The highest BCUT2D eigenvalue weighted by Gasteiger charge is 2.06. The molecule has 0 radical (unpaired) electrons. The minimum atomic E-state index is -0.981. The Labute approximate surface area is 146 Å². The Bertz CT molecular complexity index is 802. The summed E-state index contributed by atoms with van der Waals surface area (Å²) < 4.78 is 6.60. The van der Waals surface area contributed by atoms with Crippen LogP contribution in [0.2, 0.25) is 0 Å². The van der Waals surface area contributed by atoms with E-state index in [1.165, 1.54) is 12.3 Å². The molecule has 24 heavy (non-hydrogen) atoms. The molecule has 5 N–H and O–H groups in total. The van der Waals surface area contributed by atoms with E-state index >= 15 is 0 Å². The summed E-state index contributed by atoms with van der Waals surface area (Å²) in [5.74, 6) is -0.562. The second-order valence-electron chi connectivity index (χ2n) is 4.75. The van der Waals surface area contributed by atoms with Crippen molar-refractivity contribution in [2.45, 2.75) is 6.61 Å². The maximum Gasteiger partial charge on any atom is 0.335 e. The number of nitrogens with two attached hydrogens (primary N) is 2. The first-order valence-corrected chi connectivity index (χ1v) is 7.61. The second-order valence-corrected chi connectivity index (χ2v) is 5.66. The number of benzene rings is 2. The maximum atomic E-state index is 11.0. The minimum Gasteiger partial charge on any atom is -0.488 e. The van der Waals surface area contributed by atoms with E-state index in [1.54, 1.807) is 30.3 Å². The zero-order valence-corrected chi connectivity index (χ0v) is 14.1. The highest BCUT2D eigenvalue weighted by atomic mass is 79.9. The predicted octanol–water partition coefficient (Wildman–Crippen LogP) is 2.33. The lowest BCUT2D eigenvalue weighted by molar-refractivity contribution is 0.0696. The third-order valence-electron chi connectivity index (χ3n) is 2.91. The predicted molar refractivity (Wildman–Crippen MR) is 95.3 cm³/mol. The van der Waals surface area contributed by atoms with E-state index in [0.717, 1.165) is 10.0 Å². The summed E-state index contributed by atoms with van der Waals surface area (Å²) in [5, 5.41) is 16.3. The SMILES string of the molecule is NC(N)=N/N=C/c1cc(Br)ccc1OCc1cccc(C(=O)O)c1. The van der Waals surface area contributed by atoms with Gasteiger partial charge in [0.15, 0.2) is 0 Å². The van der Waals surface area contributed by atoms with E-state index in [2.05, 4.69) is 26.1 Å². The van der Waals surface area contributed by atoms with Crippen molar-refractivity contribution >= 4 is 34.1 Å². The lowest BCUT2D eigenvalue weighted by Gasteiger charge is -2.10. The average molecular weight is 391 g/mol. The van der Waals surface area contributed by atoms with Crippen LogP contribution < -0.4 is 16.2 Å². The maximum absolute atomic E-state index is 11.0. The molecule has 0 saturated heterocycles. The standard InChI is InChI=1S/C16H15BrN4O3/c17-13-4-5-14(12(7-13)8-20-21-16(18)19)24-9-10-2-1-3-11(6-10)15(22)23/h1-8H,9H2,(H,22,23)(H4,18,19,21)/b20-8+. The molecule has 0 unspecified atom stereocenters. The van der Waals surface area contributed by atoms with Gasteiger partial charge in [-0.3, -0.25) is 0 Å². The Kier molecular flexibility index (Phi) is 5.91. The third-order valence-corrected chi connectivity index (χ3v) is 3.40. The molecule has 0 aromatic heterocycles. The number of nitrogens with zero attached hydrogens (tertiary/aromatic N) is 2. The average Bonchev–Trinajstić information content (AvgIpc) is 2.54. The Morgan fingerprint density at radius 3 is 2.75 bits per heavy atom. The smallest absolute Gasteiger partial charge is 0.335 e. The van der Waals surface area contributed by atoms with E-state index in [-0.39, 0.29) is 18.1 Å².